The third-order valence-corrected chi connectivity index (χ3v) is 4.02. The molecule has 1 unspecified atom stereocenters. The van der Waals surface area contributed by atoms with E-state index in [4.69, 9.17) is 9.47 Å². The summed E-state index contributed by atoms with van der Waals surface area (Å²) in [6, 6.07) is 12.6. The molecule has 0 bridgehead atoms. The molecule has 0 saturated carbocycles. The Bertz CT molecular complexity index is 729. The number of ether oxygens (including phenoxy) is 2. The number of hydrogen-bond acceptors (Lipinski definition) is 5. The highest BCUT2D eigenvalue weighted by atomic mass is 16.6. The van der Waals surface area contributed by atoms with Crippen molar-refractivity contribution in [3.05, 3.63) is 63.7 Å². The minimum atomic E-state index is -0.394. The van der Waals surface area contributed by atoms with Crippen molar-refractivity contribution in [2.75, 3.05) is 13.7 Å². The van der Waals surface area contributed by atoms with Crippen LogP contribution >= 0.6 is 0 Å². The summed E-state index contributed by atoms with van der Waals surface area (Å²) in [5, 5.41) is 14.1. The van der Waals surface area contributed by atoms with Crippen LogP contribution in [0.15, 0.2) is 42.5 Å². The van der Waals surface area contributed by atoms with Crippen LogP contribution in [0.4, 0.5) is 5.69 Å². The molecule has 0 aliphatic carbocycles. The number of hydrogen-bond donors (Lipinski definition) is 1. The van der Waals surface area contributed by atoms with Gasteiger partial charge in [-0.3, -0.25) is 10.1 Å². The first-order valence-electron chi connectivity index (χ1n) is 8.68. The predicted octanol–water partition coefficient (Wildman–Crippen LogP) is 4.49. The van der Waals surface area contributed by atoms with Crippen LogP contribution in [-0.2, 0) is 6.54 Å². The summed E-state index contributed by atoms with van der Waals surface area (Å²) < 4.78 is 11.2. The number of rotatable bonds is 9. The Balaban J connectivity index is 1.99. The first-order valence-corrected chi connectivity index (χ1v) is 8.68. The fraction of sp³-hybridized carbons (Fsp3) is 0.400. The van der Waals surface area contributed by atoms with Crippen LogP contribution in [0.5, 0.6) is 11.5 Å². The minimum Gasteiger partial charge on any atom is -0.493 e. The van der Waals surface area contributed by atoms with Crippen LogP contribution in [0, 0.1) is 16.0 Å². The summed E-state index contributed by atoms with van der Waals surface area (Å²) in [6.45, 7) is 7.53. The van der Waals surface area contributed by atoms with Crippen molar-refractivity contribution < 1.29 is 14.4 Å². The second-order valence-electron chi connectivity index (χ2n) is 6.64. The summed E-state index contributed by atoms with van der Waals surface area (Å²) in [5.74, 6) is 1.90. The molecule has 1 N–H and O–H groups in total. The molecule has 0 radical (unpaired) electrons. The van der Waals surface area contributed by atoms with E-state index in [-0.39, 0.29) is 11.7 Å². The molecule has 140 valence electrons. The van der Waals surface area contributed by atoms with E-state index < -0.39 is 4.92 Å². The predicted molar refractivity (Wildman–Crippen MR) is 102 cm³/mol. The lowest BCUT2D eigenvalue weighted by molar-refractivity contribution is -0.384. The van der Waals surface area contributed by atoms with Gasteiger partial charge >= 0.3 is 0 Å². The maximum atomic E-state index is 10.7. The van der Waals surface area contributed by atoms with Crippen LogP contribution < -0.4 is 14.8 Å². The van der Waals surface area contributed by atoms with Crippen molar-refractivity contribution in [3.63, 3.8) is 0 Å². The lowest BCUT2D eigenvalue weighted by Crippen LogP contribution is -2.18. The third kappa shape index (κ3) is 5.46. The lowest BCUT2D eigenvalue weighted by Gasteiger charge is -2.18. The Morgan fingerprint density at radius 2 is 1.77 bits per heavy atom. The molecular weight excluding hydrogens is 332 g/mol. The Kier molecular flexibility index (Phi) is 6.97. The van der Waals surface area contributed by atoms with E-state index in [9.17, 15) is 10.1 Å². The highest BCUT2D eigenvalue weighted by Gasteiger charge is 2.11. The molecule has 0 aliphatic heterocycles. The average molecular weight is 358 g/mol. The summed E-state index contributed by atoms with van der Waals surface area (Å²) in [7, 11) is 1.64. The zero-order valence-electron chi connectivity index (χ0n) is 15.7. The van der Waals surface area contributed by atoms with Crippen molar-refractivity contribution in [1.29, 1.82) is 0 Å². The van der Waals surface area contributed by atoms with E-state index in [1.54, 1.807) is 19.2 Å². The standard InChI is InChI=1S/C20H26N2O4/c1-14(2)13-26-19-10-7-17(11-20(19)25-4)15(3)21-12-16-5-8-18(9-6-16)22(23)24/h5-11,14-15,21H,12-13H2,1-4H3. The molecule has 2 aromatic carbocycles. The van der Waals surface area contributed by atoms with Crippen LogP contribution in [0.2, 0.25) is 0 Å². The van der Waals surface area contributed by atoms with E-state index in [2.05, 4.69) is 26.1 Å². The largest absolute Gasteiger partial charge is 0.493 e. The van der Waals surface area contributed by atoms with E-state index in [1.807, 2.05) is 18.2 Å². The van der Waals surface area contributed by atoms with Gasteiger partial charge < -0.3 is 14.8 Å². The molecule has 0 saturated heterocycles. The van der Waals surface area contributed by atoms with Gasteiger partial charge in [0.05, 0.1) is 18.6 Å². The van der Waals surface area contributed by atoms with Gasteiger partial charge in [-0.05, 0) is 36.1 Å². The van der Waals surface area contributed by atoms with Gasteiger partial charge in [0.15, 0.2) is 11.5 Å². The molecule has 1 atom stereocenters. The number of benzene rings is 2. The number of nitrogens with zero attached hydrogens (tertiary/aromatic N) is 1. The second kappa shape index (κ2) is 9.20. The quantitative estimate of drug-likeness (QED) is 0.528. The van der Waals surface area contributed by atoms with E-state index >= 15 is 0 Å². The number of methoxy groups -OCH3 is 1. The van der Waals surface area contributed by atoms with Crippen molar-refractivity contribution in [2.45, 2.75) is 33.4 Å². The normalized spacial score (nSPS) is 12.0. The maximum absolute atomic E-state index is 10.7. The summed E-state index contributed by atoms with van der Waals surface area (Å²) in [5.41, 5.74) is 2.18. The van der Waals surface area contributed by atoms with E-state index in [0.717, 1.165) is 16.9 Å². The van der Waals surface area contributed by atoms with Crippen molar-refractivity contribution in [1.82, 2.24) is 5.32 Å². The van der Waals surface area contributed by atoms with Crippen LogP contribution in [-0.4, -0.2) is 18.6 Å². The third-order valence-electron chi connectivity index (χ3n) is 4.02. The van der Waals surface area contributed by atoms with Gasteiger partial charge in [-0.1, -0.05) is 32.0 Å². The number of nitro groups is 1. The smallest absolute Gasteiger partial charge is 0.269 e. The molecule has 2 aromatic rings. The Labute approximate surface area is 154 Å². The van der Waals surface area contributed by atoms with Gasteiger partial charge in [0, 0.05) is 24.7 Å². The molecule has 0 aliphatic rings. The van der Waals surface area contributed by atoms with Gasteiger partial charge in [-0.15, -0.1) is 0 Å². The van der Waals surface area contributed by atoms with Crippen molar-refractivity contribution in [3.8, 4) is 11.5 Å². The van der Waals surface area contributed by atoms with Crippen molar-refractivity contribution >= 4 is 5.69 Å². The molecule has 0 spiro atoms. The fourth-order valence-electron chi connectivity index (χ4n) is 2.45. The SMILES string of the molecule is COc1cc(C(C)NCc2ccc([N+](=O)[O-])cc2)ccc1OCC(C)C. The topological polar surface area (TPSA) is 73.6 Å². The van der Waals surface area contributed by atoms with E-state index in [0.29, 0.717) is 24.8 Å². The first kappa shape index (κ1) is 19.7. The second-order valence-corrected chi connectivity index (χ2v) is 6.64. The Hall–Kier alpha value is -2.60. The van der Waals surface area contributed by atoms with Gasteiger partial charge in [-0.25, -0.2) is 0 Å². The number of non-ortho nitro benzene ring substituents is 1. The Morgan fingerprint density at radius 3 is 2.35 bits per heavy atom. The summed E-state index contributed by atoms with van der Waals surface area (Å²) >= 11 is 0. The molecule has 0 aromatic heterocycles. The molecule has 26 heavy (non-hydrogen) atoms. The molecule has 2 rings (SSSR count). The zero-order valence-corrected chi connectivity index (χ0v) is 15.7. The first-order chi connectivity index (χ1) is 12.4. The fourth-order valence-corrected chi connectivity index (χ4v) is 2.45. The molecule has 0 amide bonds. The summed E-state index contributed by atoms with van der Waals surface area (Å²) in [6.07, 6.45) is 0. The molecule has 6 nitrogen and oxygen atoms in total. The maximum Gasteiger partial charge on any atom is 0.269 e. The highest BCUT2D eigenvalue weighted by molar-refractivity contribution is 5.44. The molecule has 0 heterocycles. The lowest BCUT2D eigenvalue weighted by atomic mass is 10.1. The van der Waals surface area contributed by atoms with Crippen LogP contribution in [0.1, 0.15) is 37.9 Å². The molecular formula is C20H26N2O4. The Morgan fingerprint density at radius 1 is 1.08 bits per heavy atom. The van der Waals surface area contributed by atoms with Crippen molar-refractivity contribution in [2.24, 2.45) is 5.92 Å². The van der Waals surface area contributed by atoms with Gasteiger partial charge in [0.25, 0.3) is 5.69 Å². The summed E-state index contributed by atoms with van der Waals surface area (Å²) in [4.78, 5) is 10.3. The highest BCUT2D eigenvalue weighted by Crippen LogP contribution is 2.30. The minimum absolute atomic E-state index is 0.0956. The zero-order chi connectivity index (χ0) is 19.1. The van der Waals surface area contributed by atoms with Gasteiger partial charge in [-0.2, -0.15) is 0 Å². The van der Waals surface area contributed by atoms with Gasteiger partial charge in [0.2, 0.25) is 0 Å². The monoisotopic (exact) mass is 358 g/mol. The van der Waals surface area contributed by atoms with Crippen LogP contribution in [0.25, 0.3) is 0 Å². The average Bonchev–Trinajstić information content (AvgIpc) is 2.64. The molecule has 6 heteroatoms. The number of nitrogens with one attached hydrogen (secondary N) is 1. The number of nitro benzene ring substituents is 1. The van der Waals surface area contributed by atoms with E-state index in [1.165, 1.54) is 12.1 Å². The van der Waals surface area contributed by atoms with Gasteiger partial charge in [0.1, 0.15) is 0 Å². The molecule has 0 fully saturated rings. The van der Waals surface area contributed by atoms with Crippen LogP contribution in [0.3, 0.4) is 0 Å².